The number of H-pyrrole nitrogens is 2. The highest BCUT2D eigenvalue weighted by atomic mass is 19.1. The van der Waals surface area contributed by atoms with Crippen molar-refractivity contribution in [3.8, 4) is 33.9 Å². The van der Waals surface area contributed by atoms with Crippen LogP contribution in [0.2, 0.25) is 0 Å². The number of furan rings is 1. The topological polar surface area (TPSA) is 138 Å². The zero-order chi connectivity index (χ0) is 24.6. The van der Waals surface area contributed by atoms with Crippen LogP contribution in [0, 0.1) is 5.82 Å². The maximum atomic E-state index is 15.9. The maximum absolute atomic E-state index is 15.9. The van der Waals surface area contributed by atoms with Crippen LogP contribution in [0.3, 0.4) is 0 Å². The lowest BCUT2D eigenvalue weighted by molar-refractivity contribution is -0.116. The monoisotopic (exact) mass is 482 g/mol. The molecule has 10 nitrogen and oxygen atoms in total. The van der Waals surface area contributed by atoms with Gasteiger partial charge >= 0.3 is 0 Å². The fraction of sp³-hybridized carbons (Fsp3) is 0.120. The first-order valence-electron chi connectivity index (χ1n) is 11.3. The molecular weight excluding hydrogens is 463 g/mol. The fourth-order valence-electron chi connectivity index (χ4n) is 4.11. The van der Waals surface area contributed by atoms with Crippen LogP contribution in [0.4, 0.5) is 10.1 Å². The van der Waals surface area contributed by atoms with Gasteiger partial charge in [-0.15, -0.1) is 0 Å². The van der Waals surface area contributed by atoms with Crippen LogP contribution >= 0.6 is 0 Å². The molecule has 6 aromatic heterocycles. The van der Waals surface area contributed by atoms with E-state index >= 15 is 4.39 Å². The number of nitrogens with one attached hydrogen (secondary N) is 3. The molecule has 0 saturated carbocycles. The maximum Gasteiger partial charge on any atom is 0.224 e. The van der Waals surface area contributed by atoms with Crippen molar-refractivity contribution >= 4 is 33.5 Å². The van der Waals surface area contributed by atoms with E-state index in [-0.39, 0.29) is 17.0 Å². The van der Waals surface area contributed by atoms with Crippen molar-refractivity contribution in [3.05, 3.63) is 61.5 Å². The third-order valence-corrected chi connectivity index (χ3v) is 5.77. The number of halogens is 1. The summed E-state index contributed by atoms with van der Waals surface area (Å²) in [6.45, 7) is 1.92. The number of anilines is 1. The van der Waals surface area contributed by atoms with Gasteiger partial charge in [-0.3, -0.25) is 24.8 Å². The van der Waals surface area contributed by atoms with Gasteiger partial charge in [-0.2, -0.15) is 5.10 Å². The lowest BCUT2D eigenvalue weighted by atomic mass is 10.1. The normalized spacial score (nSPS) is 11.4. The number of amides is 1. The summed E-state index contributed by atoms with van der Waals surface area (Å²) >= 11 is 0. The predicted octanol–water partition coefficient (Wildman–Crippen LogP) is 5.10. The van der Waals surface area contributed by atoms with Crippen molar-refractivity contribution in [1.82, 2.24) is 35.1 Å². The number of hydrogen-bond donors (Lipinski definition) is 3. The Morgan fingerprint density at radius 3 is 2.81 bits per heavy atom. The Kier molecular flexibility index (Phi) is 5.21. The van der Waals surface area contributed by atoms with Crippen LogP contribution in [-0.4, -0.2) is 41.0 Å². The van der Waals surface area contributed by atoms with Gasteiger partial charge in [0.05, 0.1) is 53.2 Å². The van der Waals surface area contributed by atoms with E-state index < -0.39 is 5.82 Å². The van der Waals surface area contributed by atoms with Crippen LogP contribution in [0.25, 0.3) is 55.8 Å². The zero-order valence-electron chi connectivity index (χ0n) is 19.0. The van der Waals surface area contributed by atoms with E-state index in [0.29, 0.717) is 45.7 Å². The molecule has 0 aromatic carbocycles. The number of nitrogens with zero attached hydrogens (tertiary/aromatic N) is 5. The summed E-state index contributed by atoms with van der Waals surface area (Å²) in [5, 5.41) is 10.2. The number of aromatic amines is 2. The van der Waals surface area contributed by atoms with Gasteiger partial charge in [0.2, 0.25) is 5.91 Å². The first kappa shape index (κ1) is 21.6. The molecular formula is C25H19FN8O2. The zero-order valence-corrected chi connectivity index (χ0v) is 19.0. The molecule has 178 valence electrons. The summed E-state index contributed by atoms with van der Waals surface area (Å²) in [6, 6.07) is 3.46. The highest BCUT2D eigenvalue weighted by molar-refractivity contribution is 5.98. The minimum absolute atomic E-state index is 0.0844. The Labute approximate surface area is 203 Å². The first-order valence-corrected chi connectivity index (χ1v) is 11.3. The highest BCUT2D eigenvalue weighted by Gasteiger charge is 2.21. The quantitative estimate of drug-likeness (QED) is 0.300. The minimum Gasteiger partial charge on any atom is -0.472 e. The average Bonchev–Trinajstić information content (AvgIpc) is 3.63. The molecule has 0 spiro atoms. The predicted molar refractivity (Wildman–Crippen MR) is 131 cm³/mol. The molecule has 0 atom stereocenters. The summed E-state index contributed by atoms with van der Waals surface area (Å²) in [6.07, 6.45) is 12.2. The lowest BCUT2D eigenvalue weighted by Gasteiger charge is -2.07. The van der Waals surface area contributed by atoms with Crippen molar-refractivity contribution in [1.29, 1.82) is 0 Å². The van der Waals surface area contributed by atoms with Crippen LogP contribution in [0.5, 0.6) is 0 Å². The van der Waals surface area contributed by atoms with Gasteiger partial charge in [-0.05, 0) is 18.6 Å². The molecule has 0 unspecified atom stereocenters. The van der Waals surface area contributed by atoms with Crippen molar-refractivity contribution in [3.63, 3.8) is 0 Å². The first-order chi connectivity index (χ1) is 17.6. The molecule has 6 aromatic rings. The molecule has 0 aliphatic heterocycles. The SMILES string of the molecule is CCCC(=O)Nc1cncc(-c2ncc3[nH]nc(-c4nc5c(-c6ccoc6)cncc5[nH]4)c3c2F)c1. The smallest absolute Gasteiger partial charge is 0.224 e. The number of aromatic nitrogens is 7. The molecule has 0 bridgehead atoms. The van der Waals surface area contributed by atoms with Gasteiger partial charge in [0.25, 0.3) is 0 Å². The molecule has 0 fully saturated rings. The molecule has 0 saturated heterocycles. The lowest BCUT2D eigenvalue weighted by Crippen LogP contribution is -2.10. The summed E-state index contributed by atoms with van der Waals surface area (Å²) in [5.41, 5.74) is 4.64. The molecule has 6 rings (SSSR count). The molecule has 0 aliphatic rings. The van der Waals surface area contributed by atoms with Gasteiger partial charge in [0, 0.05) is 35.5 Å². The third-order valence-electron chi connectivity index (χ3n) is 5.77. The van der Waals surface area contributed by atoms with E-state index in [1.165, 1.54) is 18.6 Å². The van der Waals surface area contributed by atoms with Crippen molar-refractivity contribution in [2.24, 2.45) is 0 Å². The number of fused-ring (bicyclic) bond motifs is 2. The molecule has 0 radical (unpaired) electrons. The van der Waals surface area contributed by atoms with Crippen LogP contribution < -0.4 is 5.32 Å². The number of pyridine rings is 3. The van der Waals surface area contributed by atoms with E-state index in [4.69, 9.17) is 9.40 Å². The van der Waals surface area contributed by atoms with Crippen LogP contribution in [0.1, 0.15) is 19.8 Å². The van der Waals surface area contributed by atoms with Gasteiger partial charge in [-0.25, -0.2) is 9.37 Å². The van der Waals surface area contributed by atoms with Gasteiger partial charge in [0.15, 0.2) is 11.6 Å². The molecule has 6 heterocycles. The second kappa shape index (κ2) is 8.69. The average molecular weight is 482 g/mol. The standard InChI is InChI=1S/C25H19FN8O2/c1-2-3-19(35)30-15-6-14(7-27-8-15)22-21(26)20-17(11-29-22)33-34-24(20)25-31-18-10-28-9-16(23(18)32-25)13-4-5-36-12-13/h4-12H,2-3H2,1H3,(H,30,35)(H,31,32)(H,33,34). The van der Waals surface area contributed by atoms with Crippen LogP contribution in [-0.2, 0) is 4.79 Å². The van der Waals surface area contributed by atoms with E-state index in [1.807, 2.05) is 13.0 Å². The molecule has 1 amide bonds. The van der Waals surface area contributed by atoms with E-state index in [1.54, 1.807) is 31.0 Å². The largest absolute Gasteiger partial charge is 0.472 e. The summed E-state index contributed by atoms with van der Waals surface area (Å²) < 4.78 is 21.1. The molecule has 0 aliphatic carbocycles. The summed E-state index contributed by atoms with van der Waals surface area (Å²) in [7, 11) is 0. The Morgan fingerprint density at radius 1 is 1.08 bits per heavy atom. The molecule has 36 heavy (non-hydrogen) atoms. The third kappa shape index (κ3) is 3.66. The van der Waals surface area contributed by atoms with Crippen molar-refractivity contribution in [2.75, 3.05) is 5.32 Å². The molecule has 3 N–H and O–H groups in total. The summed E-state index contributed by atoms with van der Waals surface area (Å²) in [4.78, 5) is 32.6. The number of hydrogen-bond acceptors (Lipinski definition) is 7. The van der Waals surface area contributed by atoms with Crippen molar-refractivity contribution in [2.45, 2.75) is 19.8 Å². The van der Waals surface area contributed by atoms with E-state index in [0.717, 1.165) is 17.5 Å². The fourth-order valence-corrected chi connectivity index (χ4v) is 4.11. The number of rotatable bonds is 6. The Hall–Kier alpha value is -4.93. The van der Waals surface area contributed by atoms with Crippen molar-refractivity contribution < 1.29 is 13.6 Å². The van der Waals surface area contributed by atoms with E-state index in [9.17, 15) is 4.79 Å². The van der Waals surface area contributed by atoms with E-state index in [2.05, 4.69) is 35.5 Å². The number of carbonyl (C=O) groups is 1. The Bertz CT molecular complexity index is 1720. The minimum atomic E-state index is -0.580. The summed E-state index contributed by atoms with van der Waals surface area (Å²) in [5.74, 6) is -0.334. The Morgan fingerprint density at radius 2 is 1.97 bits per heavy atom. The second-order valence-corrected chi connectivity index (χ2v) is 8.22. The second-order valence-electron chi connectivity index (χ2n) is 8.22. The Balaban J connectivity index is 1.44. The van der Waals surface area contributed by atoms with Gasteiger partial charge in [0.1, 0.15) is 16.9 Å². The number of imidazole rings is 1. The van der Waals surface area contributed by atoms with Crippen LogP contribution in [0.15, 0.2) is 60.1 Å². The number of carbonyl (C=O) groups excluding carboxylic acids is 1. The highest BCUT2D eigenvalue weighted by Crippen LogP contribution is 2.34. The van der Waals surface area contributed by atoms with Gasteiger partial charge < -0.3 is 14.7 Å². The molecule has 11 heteroatoms. The van der Waals surface area contributed by atoms with Gasteiger partial charge in [-0.1, -0.05) is 6.92 Å².